The number of anilines is 1. The Hall–Kier alpha value is -2.33. The maximum Gasteiger partial charge on any atom is 0.153 e. The molecule has 1 N–H and O–H groups in total. The number of para-hydroxylation sites is 1. The largest absolute Gasteiger partial charge is 0.314 e. The zero-order valence-corrected chi connectivity index (χ0v) is 12.0. The van der Waals surface area contributed by atoms with Crippen molar-refractivity contribution in [2.45, 2.75) is 19.4 Å². The molecule has 21 heavy (non-hydrogen) atoms. The summed E-state index contributed by atoms with van der Waals surface area (Å²) in [5.74, 6) is 0.981. The summed E-state index contributed by atoms with van der Waals surface area (Å²) in [5, 5.41) is 3.56. The summed E-state index contributed by atoms with van der Waals surface area (Å²) >= 11 is 0. The zero-order valence-electron chi connectivity index (χ0n) is 12.0. The second kappa shape index (κ2) is 4.90. The minimum atomic E-state index is 0.486. The molecule has 3 aliphatic heterocycles. The first-order valence-electron chi connectivity index (χ1n) is 7.34. The van der Waals surface area contributed by atoms with Crippen LogP contribution in [0.25, 0.3) is 0 Å². The van der Waals surface area contributed by atoms with Gasteiger partial charge in [0.2, 0.25) is 0 Å². The van der Waals surface area contributed by atoms with Crippen LogP contribution in [0, 0.1) is 0 Å². The third-order valence-corrected chi connectivity index (χ3v) is 4.09. The van der Waals surface area contributed by atoms with Crippen molar-refractivity contribution in [3.63, 3.8) is 0 Å². The average Bonchev–Trinajstić information content (AvgIpc) is 2.55. The molecule has 1 unspecified atom stereocenters. The molecular weight excluding hydrogens is 260 g/mol. The second-order valence-corrected chi connectivity index (χ2v) is 5.56. The molecule has 0 aliphatic carbocycles. The van der Waals surface area contributed by atoms with Crippen molar-refractivity contribution in [3.05, 3.63) is 66.0 Å². The summed E-state index contributed by atoms with van der Waals surface area (Å²) in [4.78, 5) is 9.00. The topological polar surface area (TPSA) is 30.9 Å². The fraction of sp³-hybridized carbons (Fsp3) is 0.235. The number of hydrogen-bond donors (Lipinski definition) is 1. The van der Waals surface area contributed by atoms with Gasteiger partial charge in [0.15, 0.2) is 5.82 Å². The highest BCUT2D eigenvalue weighted by Gasteiger charge is 2.31. The van der Waals surface area contributed by atoms with Gasteiger partial charge in [-0.2, -0.15) is 0 Å². The Morgan fingerprint density at radius 1 is 1.14 bits per heavy atom. The average molecular weight is 278 g/mol. The Bertz CT molecular complexity index is 669. The molecule has 1 aromatic rings. The lowest BCUT2D eigenvalue weighted by Gasteiger charge is -2.41. The maximum atomic E-state index is 4.52. The molecule has 0 aromatic heterocycles. The van der Waals surface area contributed by atoms with Gasteiger partial charge in [-0.05, 0) is 25.1 Å². The van der Waals surface area contributed by atoms with Gasteiger partial charge in [0.25, 0.3) is 0 Å². The fourth-order valence-electron chi connectivity index (χ4n) is 3.03. The SMILES string of the molecule is CC1CC2=C(CN1)N(c1ccccc1)C=C1N=CC=CN12. The van der Waals surface area contributed by atoms with Crippen molar-refractivity contribution in [3.8, 4) is 0 Å². The monoisotopic (exact) mass is 278 g/mol. The lowest BCUT2D eigenvalue weighted by Crippen LogP contribution is -2.44. The van der Waals surface area contributed by atoms with Crippen LogP contribution in [0.3, 0.4) is 0 Å². The van der Waals surface area contributed by atoms with Crippen molar-refractivity contribution in [1.29, 1.82) is 0 Å². The minimum absolute atomic E-state index is 0.486. The second-order valence-electron chi connectivity index (χ2n) is 5.56. The molecule has 0 radical (unpaired) electrons. The summed E-state index contributed by atoms with van der Waals surface area (Å²) in [6.45, 7) is 3.11. The molecule has 3 aliphatic rings. The van der Waals surface area contributed by atoms with Crippen molar-refractivity contribution in [2.75, 3.05) is 11.4 Å². The Labute approximate surface area is 124 Å². The molecule has 4 nitrogen and oxygen atoms in total. The van der Waals surface area contributed by atoms with Crippen LogP contribution in [0.2, 0.25) is 0 Å². The molecule has 0 saturated heterocycles. The van der Waals surface area contributed by atoms with Gasteiger partial charge in [0.1, 0.15) is 0 Å². The van der Waals surface area contributed by atoms with Gasteiger partial charge in [-0.25, -0.2) is 4.99 Å². The van der Waals surface area contributed by atoms with Crippen molar-refractivity contribution in [2.24, 2.45) is 4.99 Å². The van der Waals surface area contributed by atoms with Gasteiger partial charge in [0.05, 0.1) is 11.9 Å². The standard InChI is InChI=1S/C17H18N4/c1-13-10-15-16(11-19-13)21(14-6-3-2-4-7-14)12-17-18-8-5-9-20(15)17/h2-9,12-13,19H,10-11H2,1H3. The van der Waals surface area contributed by atoms with E-state index >= 15 is 0 Å². The molecule has 106 valence electrons. The van der Waals surface area contributed by atoms with E-state index in [0.717, 1.165) is 18.8 Å². The van der Waals surface area contributed by atoms with Crippen molar-refractivity contribution in [1.82, 2.24) is 10.2 Å². The highest BCUT2D eigenvalue weighted by Crippen LogP contribution is 2.35. The van der Waals surface area contributed by atoms with Crippen LogP contribution in [0.5, 0.6) is 0 Å². The third-order valence-electron chi connectivity index (χ3n) is 4.09. The smallest absolute Gasteiger partial charge is 0.153 e. The molecule has 4 heteroatoms. The van der Waals surface area contributed by atoms with Crippen LogP contribution in [-0.4, -0.2) is 23.7 Å². The minimum Gasteiger partial charge on any atom is -0.314 e. The van der Waals surface area contributed by atoms with Gasteiger partial charge in [0, 0.05) is 42.8 Å². The predicted molar refractivity (Wildman–Crippen MR) is 85.6 cm³/mol. The predicted octanol–water partition coefficient (Wildman–Crippen LogP) is 2.80. The van der Waals surface area contributed by atoms with Crippen LogP contribution in [0.4, 0.5) is 5.69 Å². The third kappa shape index (κ3) is 2.08. The highest BCUT2D eigenvalue weighted by molar-refractivity contribution is 5.74. The van der Waals surface area contributed by atoms with Gasteiger partial charge in [-0.15, -0.1) is 0 Å². The van der Waals surface area contributed by atoms with E-state index in [-0.39, 0.29) is 0 Å². The van der Waals surface area contributed by atoms with Crippen LogP contribution in [0.15, 0.2) is 71.0 Å². The zero-order chi connectivity index (χ0) is 14.2. The quantitative estimate of drug-likeness (QED) is 0.857. The maximum absolute atomic E-state index is 4.52. The van der Waals surface area contributed by atoms with E-state index in [1.807, 2.05) is 18.4 Å². The number of allylic oxidation sites excluding steroid dienone is 1. The van der Waals surface area contributed by atoms with Crippen molar-refractivity contribution >= 4 is 11.9 Å². The summed E-state index contributed by atoms with van der Waals surface area (Å²) in [7, 11) is 0. The van der Waals surface area contributed by atoms with Crippen LogP contribution >= 0.6 is 0 Å². The molecule has 4 rings (SSSR count). The number of fused-ring (bicyclic) bond motifs is 2. The van der Waals surface area contributed by atoms with Gasteiger partial charge in [-0.3, -0.25) is 0 Å². The number of aliphatic imine (C=N–C) groups is 1. The number of nitrogens with zero attached hydrogens (tertiary/aromatic N) is 3. The summed E-state index contributed by atoms with van der Waals surface area (Å²) in [6.07, 6.45) is 9.07. The number of rotatable bonds is 1. The van der Waals surface area contributed by atoms with E-state index in [0.29, 0.717) is 6.04 Å². The first-order chi connectivity index (χ1) is 10.3. The molecule has 1 aromatic carbocycles. The lowest BCUT2D eigenvalue weighted by atomic mass is 10.0. The summed E-state index contributed by atoms with van der Waals surface area (Å²) in [5.41, 5.74) is 3.83. The molecule has 3 heterocycles. The highest BCUT2D eigenvalue weighted by atomic mass is 15.3. The fourth-order valence-corrected chi connectivity index (χ4v) is 3.03. The van der Waals surface area contributed by atoms with E-state index in [9.17, 15) is 0 Å². The Morgan fingerprint density at radius 2 is 2.00 bits per heavy atom. The molecule has 0 spiro atoms. The van der Waals surface area contributed by atoms with E-state index < -0.39 is 0 Å². The molecular formula is C17H18N4. The van der Waals surface area contributed by atoms with Crippen LogP contribution in [-0.2, 0) is 0 Å². The number of hydrogen-bond acceptors (Lipinski definition) is 4. The van der Waals surface area contributed by atoms with Gasteiger partial charge in [-0.1, -0.05) is 18.2 Å². The Morgan fingerprint density at radius 3 is 2.86 bits per heavy atom. The molecule has 0 bridgehead atoms. The number of benzene rings is 1. The summed E-state index contributed by atoms with van der Waals surface area (Å²) in [6, 6.07) is 11.0. The Kier molecular flexibility index (Phi) is 2.89. The van der Waals surface area contributed by atoms with E-state index in [1.54, 1.807) is 0 Å². The Balaban J connectivity index is 1.83. The van der Waals surface area contributed by atoms with E-state index in [4.69, 9.17) is 0 Å². The van der Waals surface area contributed by atoms with E-state index in [2.05, 4.69) is 63.7 Å². The first kappa shape index (κ1) is 12.4. The molecule has 1 atom stereocenters. The van der Waals surface area contributed by atoms with Gasteiger partial charge < -0.3 is 15.1 Å². The summed E-state index contributed by atoms with van der Waals surface area (Å²) < 4.78 is 0. The van der Waals surface area contributed by atoms with Gasteiger partial charge >= 0.3 is 0 Å². The van der Waals surface area contributed by atoms with Crippen LogP contribution in [0.1, 0.15) is 13.3 Å². The van der Waals surface area contributed by atoms with Crippen LogP contribution < -0.4 is 10.2 Å². The normalized spacial score (nSPS) is 23.9. The number of nitrogens with one attached hydrogen (secondary N) is 1. The molecule has 0 amide bonds. The first-order valence-corrected chi connectivity index (χ1v) is 7.34. The van der Waals surface area contributed by atoms with Crippen molar-refractivity contribution < 1.29 is 0 Å². The molecule has 0 fully saturated rings. The molecule has 0 saturated carbocycles. The van der Waals surface area contributed by atoms with E-state index in [1.165, 1.54) is 17.1 Å². The lowest BCUT2D eigenvalue weighted by molar-refractivity contribution is 0.427.